The van der Waals surface area contributed by atoms with E-state index in [2.05, 4.69) is 21.0 Å². The Morgan fingerprint density at radius 3 is 2.46 bits per heavy atom. The fourth-order valence-corrected chi connectivity index (χ4v) is 1.39. The summed E-state index contributed by atoms with van der Waals surface area (Å²) in [4.78, 5) is 10.6. The summed E-state index contributed by atoms with van der Waals surface area (Å²) >= 11 is 3.08. The molecular formula is C7H10BrN3O2. The van der Waals surface area contributed by atoms with Crippen LogP contribution in [0.15, 0.2) is 4.47 Å². The van der Waals surface area contributed by atoms with Gasteiger partial charge in [0.05, 0.1) is 4.47 Å². The monoisotopic (exact) mass is 247 g/mol. The first-order valence-electron chi connectivity index (χ1n) is 3.72. The minimum Gasteiger partial charge on any atom is -0.476 e. The molecule has 0 aliphatic heterocycles. The van der Waals surface area contributed by atoms with Crippen LogP contribution in [0.25, 0.3) is 0 Å². The molecule has 1 rings (SSSR count). The number of hydrogen-bond donors (Lipinski definition) is 2. The van der Waals surface area contributed by atoms with E-state index in [-0.39, 0.29) is 11.7 Å². The number of carbonyl (C=O) groups is 1. The van der Waals surface area contributed by atoms with Crippen molar-refractivity contribution < 1.29 is 9.90 Å². The Morgan fingerprint density at radius 1 is 1.69 bits per heavy atom. The molecule has 1 aromatic heterocycles. The number of rotatable bonds is 2. The number of nitrogens with two attached hydrogens (primary N) is 1. The molecule has 0 aromatic carbocycles. The van der Waals surface area contributed by atoms with E-state index in [9.17, 15) is 4.79 Å². The van der Waals surface area contributed by atoms with Crippen LogP contribution in [-0.2, 0) is 0 Å². The molecule has 0 radical (unpaired) electrons. The van der Waals surface area contributed by atoms with Crippen molar-refractivity contribution in [1.29, 1.82) is 0 Å². The van der Waals surface area contributed by atoms with Crippen molar-refractivity contribution in [1.82, 2.24) is 9.78 Å². The van der Waals surface area contributed by atoms with Crippen LogP contribution in [0.1, 0.15) is 30.4 Å². The van der Waals surface area contributed by atoms with Gasteiger partial charge in [-0.25, -0.2) is 9.48 Å². The second-order valence-corrected chi connectivity index (χ2v) is 3.68. The molecule has 0 fully saturated rings. The van der Waals surface area contributed by atoms with Crippen molar-refractivity contribution in [2.24, 2.45) is 0 Å². The molecule has 72 valence electrons. The van der Waals surface area contributed by atoms with Crippen LogP contribution in [0, 0.1) is 0 Å². The van der Waals surface area contributed by atoms with Gasteiger partial charge in [0.15, 0.2) is 5.69 Å². The van der Waals surface area contributed by atoms with Gasteiger partial charge >= 0.3 is 5.97 Å². The lowest BCUT2D eigenvalue weighted by Gasteiger charge is -2.06. The highest BCUT2D eigenvalue weighted by molar-refractivity contribution is 9.10. The van der Waals surface area contributed by atoms with Crippen molar-refractivity contribution in [3.05, 3.63) is 10.2 Å². The first kappa shape index (κ1) is 10.0. The summed E-state index contributed by atoms with van der Waals surface area (Å²) in [5, 5.41) is 12.6. The van der Waals surface area contributed by atoms with Crippen molar-refractivity contribution >= 4 is 27.7 Å². The van der Waals surface area contributed by atoms with Gasteiger partial charge in [0.25, 0.3) is 0 Å². The average Bonchev–Trinajstić information content (AvgIpc) is 2.29. The summed E-state index contributed by atoms with van der Waals surface area (Å²) in [6.07, 6.45) is 0. The van der Waals surface area contributed by atoms with Crippen LogP contribution in [-0.4, -0.2) is 20.9 Å². The molecule has 5 nitrogen and oxygen atoms in total. The van der Waals surface area contributed by atoms with Gasteiger partial charge in [-0.1, -0.05) is 0 Å². The molecule has 3 N–H and O–H groups in total. The molecule has 0 atom stereocenters. The number of halogens is 1. The molecule has 0 spiro atoms. The Bertz CT molecular complexity index is 346. The Hall–Kier alpha value is -1.04. The highest BCUT2D eigenvalue weighted by atomic mass is 79.9. The standard InChI is InChI=1S/C7H10BrN3O2/c1-3(2)11-6(9)4(8)5(10-11)7(12)13/h3H,9H2,1-2H3,(H,12,13). The third kappa shape index (κ3) is 1.67. The van der Waals surface area contributed by atoms with Crippen LogP contribution >= 0.6 is 15.9 Å². The third-order valence-electron chi connectivity index (χ3n) is 1.58. The third-order valence-corrected chi connectivity index (χ3v) is 2.36. The first-order valence-corrected chi connectivity index (χ1v) is 4.51. The van der Waals surface area contributed by atoms with Gasteiger partial charge in [0.2, 0.25) is 0 Å². The van der Waals surface area contributed by atoms with E-state index in [1.807, 2.05) is 13.8 Å². The lowest BCUT2D eigenvalue weighted by atomic mass is 10.4. The molecule has 1 heterocycles. The maximum Gasteiger partial charge on any atom is 0.357 e. The predicted molar refractivity (Wildman–Crippen MR) is 51.7 cm³/mol. The van der Waals surface area contributed by atoms with Gasteiger partial charge in [-0.3, -0.25) is 0 Å². The number of aromatic nitrogens is 2. The Morgan fingerprint density at radius 2 is 2.23 bits per heavy atom. The zero-order chi connectivity index (χ0) is 10.2. The first-order chi connectivity index (χ1) is 5.95. The van der Waals surface area contributed by atoms with E-state index in [1.165, 1.54) is 4.68 Å². The fraction of sp³-hybridized carbons (Fsp3) is 0.429. The summed E-state index contributed by atoms with van der Waals surface area (Å²) < 4.78 is 1.81. The number of carboxylic acids is 1. The summed E-state index contributed by atoms with van der Waals surface area (Å²) in [6, 6.07) is 0.0457. The van der Waals surface area contributed by atoms with Crippen LogP contribution in [0.4, 0.5) is 5.82 Å². The quantitative estimate of drug-likeness (QED) is 0.831. The van der Waals surface area contributed by atoms with Crippen molar-refractivity contribution in [2.75, 3.05) is 5.73 Å². The van der Waals surface area contributed by atoms with Gasteiger partial charge in [-0.2, -0.15) is 5.10 Å². The Labute approximate surface area is 83.7 Å². The second kappa shape index (κ2) is 3.37. The lowest BCUT2D eigenvalue weighted by molar-refractivity contribution is 0.0688. The number of carboxylic acid groups (broad SMARTS) is 1. The van der Waals surface area contributed by atoms with Gasteiger partial charge in [-0.15, -0.1) is 0 Å². The van der Waals surface area contributed by atoms with Crippen LogP contribution in [0.5, 0.6) is 0 Å². The molecule has 6 heteroatoms. The van der Waals surface area contributed by atoms with Crippen LogP contribution < -0.4 is 5.73 Å². The number of aromatic carboxylic acids is 1. The highest BCUT2D eigenvalue weighted by Gasteiger charge is 2.19. The number of anilines is 1. The maximum atomic E-state index is 10.6. The number of nitrogen functional groups attached to an aromatic ring is 1. The molecule has 0 saturated heterocycles. The largest absolute Gasteiger partial charge is 0.476 e. The van der Waals surface area contributed by atoms with E-state index >= 15 is 0 Å². The van der Waals surface area contributed by atoms with Gasteiger partial charge in [-0.05, 0) is 29.8 Å². The molecule has 13 heavy (non-hydrogen) atoms. The normalized spacial score (nSPS) is 10.8. The van der Waals surface area contributed by atoms with Gasteiger partial charge in [0.1, 0.15) is 5.82 Å². The predicted octanol–water partition coefficient (Wildman–Crippen LogP) is 1.51. The highest BCUT2D eigenvalue weighted by Crippen LogP contribution is 2.26. The number of hydrogen-bond acceptors (Lipinski definition) is 3. The zero-order valence-electron chi connectivity index (χ0n) is 7.28. The van der Waals surface area contributed by atoms with Crippen molar-refractivity contribution in [3.8, 4) is 0 Å². The van der Waals surface area contributed by atoms with Crippen molar-refractivity contribution in [3.63, 3.8) is 0 Å². The lowest BCUT2D eigenvalue weighted by Crippen LogP contribution is -2.07. The van der Waals surface area contributed by atoms with Crippen LogP contribution in [0.2, 0.25) is 0 Å². The van der Waals surface area contributed by atoms with E-state index < -0.39 is 5.97 Å². The van der Waals surface area contributed by atoms with E-state index in [0.29, 0.717) is 10.3 Å². The van der Waals surface area contributed by atoms with Crippen LogP contribution in [0.3, 0.4) is 0 Å². The van der Waals surface area contributed by atoms with Crippen molar-refractivity contribution in [2.45, 2.75) is 19.9 Å². The molecule has 0 unspecified atom stereocenters. The zero-order valence-corrected chi connectivity index (χ0v) is 8.87. The average molecular weight is 248 g/mol. The summed E-state index contributed by atoms with van der Waals surface area (Å²) in [5.74, 6) is -0.745. The van der Waals surface area contributed by atoms with Gasteiger partial charge in [0, 0.05) is 6.04 Å². The Balaban J connectivity index is 3.28. The minimum absolute atomic E-state index is 0.0457. The van der Waals surface area contributed by atoms with E-state index in [1.54, 1.807) is 0 Å². The topological polar surface area (TPSA) is 81.1 Å². The SMILES string of the molecule is CC(C)n1nc(C(=O)O)c(Br)c1N. The Kier molecular flexibility index (Phi) is 2.60. The molecule has 0 amide bonds. The molecule has 0 aliphatic carbocycles. The maximum absolute atomic E-state index is 10.6. The molecule has 0 bridgehead atoms. The summed E-state index contributed by atoms with van der Waals surface area (Å²) in [6.45, 7) is 3.75. The van der Waals surface area contributed by atoms with E-state index in [0.717, 1.165) is 0 Å². The molecular weight excluding hydrogens is 238 g/mol. The smallest absolute Gasteiger partial charge is 0.357 e. The minimum atomic E-state index is -1.09. The summed E-state index contributed by atoms with van der Waals surface area (Å²) in [7, 11) is 0. The fourth-order valence-electron chi connectivity index (χ4n) is 0.958. The number of nitrogens with zero attached hydrogens (tertiary/aromatic N) is 2. The molecule has 0 aliphatic rings. The molecule has 0 saturated carbocycles. The second-order valence-electron chi connectivity index (χ2n) is 2.89. The van der Waals surface area contributed by atoms with E-state index in [4.69, 9.17) is 10.8 Å². The molecule has 1 aromatic rings. The van der Waals surface area contributed by atoms with Gasteiger partial charge < -0.3 is 10.8 Å². The summed E-state index contributed by atoms with van der Waals surface area (Å²) in [5.41, 5.74) is 5.58.